The van der Waals surface area contributed by atoms with Crippen molar-refractivity contribution >= 4 is 22.6 Å². The fraction of sp³-hybridized carbons (Fsp3) is 0. The van der Waals surface area contributed by atoms with E-state index in [-0.39, 0.29) is 17.4 Å². The number of aromatic amines is 2. The zero-order valence-corrected chi connectivity index (χ0v) is 10.2. The number of carbonyl (C=O) groups is 1. The summed E-state index contributed by atoms with van der Waals surface area (Å²) in [6, 6.07) is 10.3. The topological polar surface area (TPSA) is 77.8 Å². The highest BCUT2D eigenvalue weighted by Crippen LogP contribution is 2.13. The lowest BCUT2D eigenvalue weighted by Crippen LogP contribution is -2.11. The SMILES string of the molecule is O=C(Nc1ccc(F)cc1)c1ccc2[nH]c(=O)[nH]c2c1. The van der Waals surface area contributed by atoms with E-state index in [1.54, 1.807) is 18.2 Å². The molecule has 3 N–H and O–H groups in total. The number of anilines is 1. The zero-order valence-electron chi connectivity index (χ0n) is 10.2. The van der Waals surface area contributed by atoms with Crippen LogP contribution in [0.2, 0.25) is 0 Å². The molecule has 0 bridgehead atoms. The summed E-state index contributed by atoms with van der Waals surface area (Å²) in [5.41, 5.74) is 1.77. The number of fused-ring (bicyclic) bond motifs is 1. The lowest BCUT2D eigenvalue weighted by molar-refractivity contribution is 0.102. The monoisotopic (exact) mass is 271 g/mol. The molecule has 0 aliphatic heterocycles. The summed E-state index contributed by atoms with van der Waals surface area (Å²) in [6.45, 7) is 0. The maximum absolute atomic E-state index is 12.8. The van der Waals surface area contributed by atoms with Gasteiger partial charge in [-0.05, 0) is 42.5 Å². The highest BCUT2D eigenvalue weighted by atomic mass is 19.1. The summed E-state index contributed by atoms with van der Waals surface area (Å²) < 4.78 is 12.8. The molecule has 0 radical (unpaired) electrons. The van der Waals surface area contributed by atoms with Gasteiger partial charge < -0.3 is 15.3 Å². The minimum Gasteiger partial charge on any atom is -0.322 e. The van der Waals surface area contributed by atoms with Gasteiger partial charge in [0.1, 0.15) is 5.82 Å². The van der Waals surface area contributed by atoms with Crippen molar-refractivity contribution < 1.29 is 9.18 Å². The van der Waals surface area contributed by atoms with Gasteiger partial charge in [-0.2, -0.15) is 0 Å². The quantitative estimate of drug-likeness (QED) is 0.668. The molecule has 2 aromatic carbocycles. The molecule has 0 fully saturated rings. The Bertz CT molecular complexity index is 833. The molecule has 20 heavy (non-hydrogen) atoms. The van der Waals surface area contributed by atoms with Gasteiger partial charge in [0.2, 0.25) is 0 Å². The van der Waals surface area contributed by atoms with E-state index in [2.05, 4.69) is 15.3 Å². The minimum absolute atomic E-state index is 0.323. The van der Waals surface area contributed by atoms with Crippen molar-refractivity contribution in [3.8, 4) is 0 Å². The number of benzene rings is 2. The van der Waals surface area contributed by atoms with Crippen LogP contribution in [-0.4, -0.2) is 15.9 Å². The van der Waals surface area contributed by atoms with E-state index in [1.165, 1.54) is 24.3 Å². The molecule has 0 aliphatic rings. The van der Waals surface area contributed by atoms with Crippen LogP contribution in [0.5, 0.6) is 0 Å². The molecule has 1 amide bonds. The Kier molecular flexibility index (Phi) is 2.83. The largest absolute Gasteiger partial charge is 0.323 e. The first-order valence-electron chi connectivity index (χ1n) is 5.91. The van der Waals surface area contributed by atoms with Crippen molar-refractivity contribution in [3.63, 3.8) is 0 Å². The summed E-state index contributed by atoms with van der Waals surface area (Å²) in [6.07, 6.45) is 0. The molecule has 6 heteroatoms. The van der Waals surface area contributed by atoms with Gasteiger partial charge in [0.05, 0.1) is 11.0 Å². The van der Waals surface area contributed by atoms with E-state index in [0.717, 1.165) is 0 Å². The first kappa shape index (κ1) is 12.2. The Balaban J connectivity index is 1.88. The van der Waals surface area contributed by atoms with E-state index >= 15 is 0 Å². The molecule has 0 saturated heterocycles. The summed E-state index contributed by atoms with van der Waals surface area (Å²) in [5.74, 6) is -0.699. The predicted molar refractivity (Wildman–Crippen MR) is 73.3 cm³/mol. The van der Waals surface area contributed by atoms with Crippen molar-refractivity contribution in [1.82, 2.24) is 9.97 Å². The molecule has 1 aromatic heterocycles. The van der Waals surface area contributed by atoms with Crippen molar-refractivity contribution in [3.05, 3.63) is 64.3 Å². The van der Waals surface area contributed by atoms with E-state index in [1.807, 2.05) is 0 Å². The molecular formula is C14H10FN3O2. The van der Waals surface area contributed by atoms with Crippen LogP contribution in [0.1, 0.15) is 10.4 Å². The van der Waals surface area contributed by atoms with Gasteiger partial charge in [-0.15, -0.1) is 0 Å². The molecule has 0 spiro atoms. The van der Waals surface area contributed by atoms with Gasteiger partial charge >= 0.3 is 5.69 Å². The Morgan fingerprint density at radius 2 is 1.70 bits per heavy atom. The number of amides is 1. The lowest BCUT2D eigenvalue weighted by atomic mass is 10.2. The third-order valence-corrected chi connectivity index (χ3v) is 2.88. The molecule has 1 heterocycles. The van der Waals surface area contributed by atoms with E-state index in [9.17, 15) is 14.0 Å². The second-order valence-corrected chi connectivity index (χ2v) is 4.30. The minimum atomic E-state index is -0.366. The average Bonchev–Trinajstić information content (AvgIpc) is 2.80. The third-order valence-electron chi connectivity index (χ3n) is 2.88. The molecule has 0 unspecified atom stereocenters. The standard InChI is InChI=1S/C14H10FN3O2/c15-9-2-4-10(5-3-9)16-13(19)8-1-6-11-12(7-8)18-14(20)17-11/h1-7H,(H,16,19)(H2,17,18,20). The normalized spacial score (nSPS) is 10.7. The molecule has 5 nitrogen and oxygen atoms in total. The van der Waals surface area contributed by atoms with Crippen LogP contribution in [0.15, 0.2) is 47.3 Å². The third kappa shape index (κ3) is 2.31. The smallest absolute Gasteiger partial charge is 0.322 e. The molecule has 0 aliphatic carbocycles. The van der Waals surface area contributed by atoms with Gasteiger partial charge in [0.15, 0.2) is 0 Å². The van der Waals surface area contributed by atoms with E-state index in [0.29, 0.717) is 22.3 Å². The number of hydrogen-bond donors (Lipinski definition) is 3. The zero-order chi connectivity index (χ0) is 14.1. The molecule has 3 aromatic rings. The Hall–Kier alpha value is -2.89. The van der Waals surface area contributed by atoms with Crippen LogP contribution < -0.4 is 11.0 Å². The van der Waals surface area contributed by atoms with Crippen LogP contribution in [0.25, 0.3) is 11.0 Å². The van der Waals surface area contributed by atoms with Crippen molar-refractivity contribution in [2.75, 3.05) is 5.32 Å². The molecule has 3 rings (SSSR count). The Labute approximate surface area is 112 Å². The first-order chi connectivity index (χ1) is 9.61. The summed E-state index contributed by atoms with van der Waals surface area (Å²) in [4.78, 5) is 28.4. The Morgan fingerprint density at radius 1 is 1.00 bits per heavy atom. The van der Waals surface area contributed by atoms with Crippen molar-refractivity contribution in [1.29, 1.82) is 0 Å². The summed E-state index contributed by atoms with van der Waals surface area (Å²) in [7, 11) is 0. The highest BCUT2D eigenvalue weighted by molar-refractivity contribution is 6.05. The maximum Gasteiger partial charge on any atom is 0.323 e. The number of nitrogens with one attached hydrogen (secondary N) is 3. The number of rotatable bonds is 2. The lowest BCUT2D eigenvalue weighted by Gasteiger charge is -2.05. The van der Waals surface area contributed by atoms with Crippen molar-refractivity contribution in [2.24, 2.45) is 0 Å². The number of aromatic nitrogens is 2. The number of imidazole rings is 1. The van der Waals surface area contributed by atoms with E-state index < -0.39 is 0 Å². The number of halogens is 1. The first-order valence-corrected chi connectivity index (χ1v) is 5.91. The Morgan fingerprint density at radius 3 is 2.45 bits per heavy atom. The van der Waals surface area contributed by atoms with Gasteiger partial charge in [0.25, 0.3) is 5.91 Å². The van der Waals surface area contributed by atoms with Crippen LogP contribution in [-0.2, 0) is 0 Å². The second-order valence-electron chi connectivity index (χ2n) is 4.30. The summed E-state index contributed by atoms with van der Waals surface area (Å²) in [5, 5.41) is 2.65. The molecular weight excluding hydrogens is 261 g/mol. The average molecular weight is 271 g/mol. The van der Waals surface area contributed by atoms with Crippen LogP contribution in [0, 0.1) is 5.82 Å². The van der Waals surface area contributed by atoms with Gasteiger partial charge in [-0.3, -0.25) is 4.79 Å². The maximum atomic E-state index is 12.8. The van der Waals surface area contributed by atoms with Crippen LogP contribution in [0.3, 0.4) is 0 Å². The van der Waals surface area contributed by atoms with E-state index in [4.69, 9.17) is 0 Å². The molecule has 0 atom stereocenters. The highest BCUT2D eigenvalue weighted by Gasteiger charge is 2.08. The number of H-pyrrole nitrogens is 2. The fourth-order valence-corrected chi connectivity index (χ4v) is 1.91. The fourth-order valence-electron chi connectivity index (χ4n) is 1.91. The molecule has 0 saturated carbocycles. The van der Waals surface area contributed by atoms with Gasteiger partial charge in [-0.1, -0.05) is 0 Å². The van der Waals surface area contributed by atoms with Gasteiger partial charge in [0, 0.05) is 11.3 Å². The summed E-state index contributed by atoms with van der Waals surface area (Å²) >= 11 is 0. The number of carbonyl (C=O) groups excluding carboxylic acids is 1. The van der Waals surface area contributed by atoms with Crippen molar-refractivity contribution in [2.45, 2.75) is 0 Å². The van der Waals surface area contributed by atoms with Crippen LogP contribution >= 0.6 is 0 Å². The van der Waals surface area contributed by atoms with Crippen LogP contribution in [0.4, 0.5) is 10.1 Å². The number of hydrogen-bond acceptors (Lipinski definition) is 2. The second kappa shape index (κ2) is 4.65. The van der Waals surface area contributed by atoms with Gasteiger partial charge in [-0.25, -0.2) is 9.18 Å². The predicted octanol–water partition coefficient (Wildman–Crippen LogP) is 2.25. The molecule has 100 valence electrons.